The molecule has 0 saturated carbocycles. The summed E-state index contributed by atoms with van der Waals surface area (Å²) in [6, 6.07) is 19.4. The molecule has 0 heterocycles. The first-order valence-corrected chi connectivity index (χ1v) is 11.1. The predicted octanol–water partition coefficient (Wildman–Crippen LogP) is 5.80. The molecule has 1 amide bonds. The number of alkyl halides is 3. The van der Waals surface area contributed by atoms with Gasteiger partial charge >= 0.3 is 6.18 Å². The number of halogens is 3. The molecule has 0 bridgehead atoms. The van der Waals surface area contributed by atoms with Gasteiger partial charge in [-0.2, -0.15) is 13.2 Å². The van der Waals surface area contributed by atoms with Gasteiger partial charge in [0.15, 0.2) is 11.5 Å². The molecule has 0 aliphatic rings. The Morgan fingerprint density at radius 1 is 1.00 bits per heavy atom. The van der Waals surface area contributed by atoms with Crippen molar-refractivity contribution in [1.29, 1.82) is 0 Å². The van der Waals surface area contributed by atoms with Crippen molar-refractivity contribution in [3.8, 4) is 11.5 Å². The van der Waals surface area contributed by atoms with Crippen molar-refractivity contribution in [2.75, 3.05) is 13.1 Å². The summed E-state index contributed by atoms with van der Waals surface area (Å²) >= 11 is 0. The molecule has 3 rings (SSSR count). The molecule has 0 radical (unpaired) electrons. The fourth-order valence-electron chi connectivity index (χ4n) is 3.54. The summed E-state index contributed by atoms with van der Waals surface area (Å²) in [4.78, 5) is 14.7. The van der Waals surface area contributed by atoms with Crippen molar-refractivity contribution < 1.29 is 27.4 Å². The first-order valence-electron chi connectivity index (χ1n) is 11.1. The van der Waals surface area contributed by atoms with E-state index in [1.807, 2.05) is 30.3 Å². The van der Waals surface area contributed by atoms with Crippen molar-refractivity contribution in [2.45, 2.75) is 25.7 Å². The number of benzene rings is 3. The fourth-order valence-corrected chi connectivity index (χ4v) is 3.54. The quantitative estimate of drug-likeness (QED) is 0.350. The Kier molecular flexibility index (Phi) is 8.92. The largest absolute Gasteiger partial charge is 0.485 e. The number of carbonyl (C=O) groups is 1. The van der Waals surface area contributed by atoms with Crippen LogP contribution >= 0.6 is 0 Å². The number of amides is 1. The van der Waals surface area contributed by atoms with E-state index in [4.69, 9.17) is 15.2 Å². The number of hydrogen-bond donors (Lipinski definition) is 1. The standard InChI is InChI=1S/C27H27F3N2O3/c1-2-34-25-17-21(13-14-24(25)35-19-20-9-4-3-5-10-20)26(33)32(16-8-15-31)18-22-11-6-7-12-23(22)27(28,29)30/h2-7,9-14,17H,1,8,15-16,18-19,31H2. The minimum Gasteiger partial charge on any atom is -0.485 e. The predicted molar refractivity (Wildman–Crippen MR) is 128 cm³/mol. The van der Waals surface area contributed by atoms with Crippen LogP contribution in [0.1, 0.15) is 33.5 Å². The van der Waals surface area contributed by atoms with Crippen LogP contribution in [0.15, 0.2) is 85.6 Å². The molecule has 0 saturated heterocycles. The van der Waals surface area contributed by atoms with E-state index in [9.17, 15) is 18.0 Å². The molecule has 0 aliphatic carbocycles. The molecule has 3 aromatic rings. The van der Waals surface area contributed by atoms with E-state index in [1.54, 1.807) is 12.1 Å². The lowest BCUT2D eigenvalue weighted by Gasteiger charge is -2.25. The van der Waals surface area contributed by atoms with Gasteiger partial charge in [-0.1, -0.05) is 55.1 Å². The minimum atomic E-state index is -4.53. The van der Waals surface area contributed by atoms with Gasteiger partial charge in [0.1, 0.15) is 6.61 Å². The zero-order valence-corrected chi connectivity index (χ0v) is 19.1. The van der Waals surface area contributed by atoms with Crippen molar-refractivity contribution in [3.05, 3.63) is 108 Å². The normalized spacial score (nSPS) is 11.1. The van der Waals surface area contributed by atoms with Crippen LogP contribution in [-0.4, -0.2) is 23.9 Å². The second-order valence-electron chi connectivity index (χ2n) is 7.74. The summed E-state index contributed by atoms with van der Waals surface area (Å²) in [5, 5.41) is 0. The fraction of sp³-hybridized carbons (Fsp3) is 0.222. The maximum absolute atomic E-state index is 13.5. The lowest BCUT2D eigenvalue weighted by molar-refractivity contribution is -0.138. The van der Waals surface area contributed by atoms with Gasteiger partial charge in [0, 0.05) is 18.7 Å². The number of carbonyl (C=O) groups excluding carboxylic acids is 1. The van der Waals surface area contributed by atoms with Gasteiger partial charge in [-0.3, -0.25) is 4.79 Å². The minimum absolute atomic E-state index is 0.00995. The summed E-state index contributed by atoms with van der Waals surface area (Å²) in [5.41, 5.74) is 6.04. The molecule has 5 nitrogen and oxygen atoms in total. The molecule has 35 heavy (non-hydrogen) atoms. The highest BCUT2D eigenvalue weighted by Crippen LogP contribution is 2.33. The smallest absolute Gasteiger partial charge is 0.416 e. The Bertz CT molecular complexity index is 1130. The topological polar surface area (TPSA) is 64.8 Å². The number of ether oxygens (including phenoxy) is 2. The molecule has 0 fully saturated rings. The van der Waals surface area contributed by atoms with Crippen LogP contribution in [0.2, 0.25) is 0 Å². The summed E-state index contributed by atoms with van der Waals surface area (Å²) in [7, 11) is 0. The first-order chi connectivity index (χ1) is 16.8. The Hall–Kier alpha value is -3.78. The van der Waals surface area contributed by atoms with Crippen LogP contribution in [0, 0.1) is 0 Å². The zero-order chi connectivity index (χ0) is 25.3. The molecule has 0 spiro atoms. The first kappa shape index (κ1) is 25.8. The number of nitrogens with zero attached hydrogens (tertiary/aromatic N) is 1. The summed E-state index contributed by atoms with van der Waals surface area (Å²) in [6.07, 6.45) is -2.87. The molecule has 0 aromatic heterocycles. The van der Waals surface area contributed by atoms with E-state index in [1.165, 1.54) is 35.4 Å². The highest BCUT2D eigenvalue weighted by molar-refractivity contribution is 5.95. The van der Waals surface area contributed by atoms with Crippen molar-refractivity contribution in [3.63, 3.8) is 0 Å². The van der Waals surface area contributed by atoms with E-state index in [0.717, 1.165) is 11.6 Å². The summed E-state index contributed by atoms with van der Waals surface area (Å²) in [5.74, 6) is 0.233. The van der Waals surface area contributed by atoms with Crippen LogP contribution in [0.5, 0.6) is 11.5 Å². The molecule has 0 atom stereocenters. The third-order valence-electron chi connectivity index (χ3n) is 5.24. The van der Waals surface area contributed by atoms with Gasteiger partial charge in [-0.15, -0.1) is 0 Å². The number of nitrogens with two attached hydrogens (primary N) is 1. The van der Waals surface area contributed by atoms with E-state index in [-0.39, 0.29) is 30.0 Å². The molecule has 3 aromatic carbocycles. The van der Waals surface area contributed by atoms with Gasteiger partial charge in [-0.25, -0.2) is 0 Å². The van der Waals surface area contributed by atoms with E-state index >= 15 is 0 Å². The molecular formula is C27H27F3N2O3. The van der Waals surface area contributed by atoms with Gasteiger partial charge in [0.2, 0.25) is 0 Å². The maximum atomic E-state index is 13.5. The van der Waals surface area contributed by atoms with Crippen LogP contribution < -0.4 is 15.2 Å². The van der Waals surface area contributed by atoms with Crippen molar-refractivity contribution in [2.24, 2.45) is 5.73 Å². The monoisotopic (exact) mass is 484 g/mol. The Labute approximate surface area is 202 Å². The average molecular weight is 485 g/mol. The Morgan fingerprint density at radius 3 is 2.40 bits per heavy atom. The van der Waals surface area contributed by atoms with E-state index in [0.29, 0.717) is 25.3 Å². The van der Waals surface area contributed by atoms with Crippen LogP contribution in [0.4, 0.5) is 13.2 Å². The van der Waals surface area contributed by atoms with Crippen molar-refractivity contribution in [1.82, 2.24) is 4.90 Å². The van der Waals surface area contributed by atoms with Gasteiger partial charge in [-0.05, 0) is 48.4 Å². The van der Waals surface area contributed by atoms with Crippen molar-refractivity contribution >= 4 is 5.91 Å². The lowest BCUT2D eigenvalue weighted by atomic mass is 10.1. The SMILES string of the molecule is C=COc1cc(C(=O)N(CCCN)Cc2ccccc2C(F)(F)F)ccc1OCc1ccccc1. The molecule has 0 unspecified atom stereocenters. The van der Waals surface area contributed by atoms with Crippen LogP contribution in [0.3, 0.4) is 0 Å². The summed E-state index contributed by atoms with van der Waals surface area (Å²) < 4.78 is 51.8. The summed E-state index contributed by atoms with van der Waals surface area (Å²) in [6.45, 7) is 4.13. The third kappa shape index (κ3) is 7.10. The molecule has 0 aliphatic heterocycles. The number of rotatable bonds is 11. The third-order valence-corrected chi connectivity index (χ3v) is 5.24. The molecule has 8 heteroatoms. The highest BCUT2D eigenvalue weighted by Gasteiger charge is 2.33. The zero-order valence-electron chi connectivity index (χ0n) is 19.1. The molecular weight excluding hydrogens is 457 g/mol. The second-order valence-corrected chi connectivity index (χ2v) is 7.74. The molecule has 184 valence electrons. The average Bonchev–Trinajstić information content (AvgIpc) is 2.85. The van der Waals surface area contributed by atoms with Crippen LogP contribution in [0.25, 0.3) is 0 Å². The molecule has 2 N–H and O–H groups in total. The number of hydrogen-bond acceptors (Lipinski definition) is 4. The van der Waals surface area contributed by atoms with Gasteiger partial charge < -0.3 is 20.1 Å². The second kappa shape index (κ2) is 12.1. The Balaban J connectivity index is 1.86. The Morgan fingerprint density at radius 2 is 1.71 bits per heavy atom. The van der Waals surface area contributed by atoms with Crippen LogP contribution in [-0.2, 0) is 19.3 Å². The maximum Gasteiger partial charge on any atom is 0.416 e. The van der Waals surface area contributed by atoms with Gasteiger partial charge in [0.25, 0.3) is 5.91 Å². The highest BCUT2D eigenvalue weighted by atomic mass is 19.4. The van der Waals surface area contributed by atoms with Gasteiger partial charge in [0.05, 0.1) is 11.8 Å². The van der Waals surface area contributed by atoms with E-state index in [2.05, 4.69) is 6.58 Å². The lowest BCUT2D eigenvalue weighted by Crippen LogP contribution is -2.33. The van der Waals surface area contributed by atoms with E-state index < -0.39 is 17.6 Å².